The van der Waals surface area contributed by atoms with Crippen LogP contribution in [0.2, 0.25) is 0 Å². The fourth-order valence-corrected chi connectivity index (χ4v) is 3.99. The summed E-state index contributed by atoms with van der Waals surface area (Å²) in [6.45, 7) is 2.76. The van der Waals surface area contributed by atoms with Gasteiger partial charge in [-0.1, -0.05) is 18.2 Å². The van der Waals surface area contributed by atoms with Crippen LogP contribution in [-0.2, 0) is 11.2 Å². The number of fused-ring (bicyclic) bond motifs is 2. The zero-order valence-electron chi connectivity index (χ0n) is 18.1. The van der Waals surface area contributed by atoms with E-state index in [4.69, 9.17) is 4.74 Å². The number of rotatable bonds is 7. The van der Waals surface area contributed by atoms with Crippen molar-refractivity contribution >= 4 is 29.3 Å². The molecule has 3 aromatic rings. The summed E-state index contributed by atoms with van der Waals surface area (Å²) in [5.74, 6) is 0.515. The van der Waals surface area contributed by atoms with Crippen molar-refractivity contribution in [3.8, 4) is 11.6 Å². The Bertz CT molecular complexity index is 1130. The highest BCUT2D eigenvalue weighted by Crippen LogP contribution is 2.38. The molecule has 0 saturated carbocycles. The minimum Gasteiger partial charge on any atom is -0.436 e. The van der Waals surface area contributed by atoms with Gasteiger partial charge in [0.15, 0.2) is 5.75 Å². The fraction of sp³-hybridized carbons (Fsp3) is 0.240. The Morgan fingerprint density at radius 3 is 2.75 bits per heavy atom. The highest BCUT2D eigenvalue weighted by Gasteiger charge is 2.29. The summed E-state index contributed by atoms with van der Waals surface area (Å²) < 4.78 is 5.92. The van der Waals surface area contributed by atoms with E-state index in [1.165, 1.54) is 10.5 Å². The van der Waals surface area contributed by atoms with Gasteiger partial charge in [-0.2, -0.15) is 0 Å². The summed E-state index contributed by atoms with van der Waals surface area (Å²) in [6, 6.07) is 17.4. The van der Waals surface area contributed by atoms with Gasteiger partial charge >= 0.3 is 0 Å². The topological polar surface area (TPSA) is 71.5 Å². The Balaban J connectivity index is 1.41. The molecule has 1 aliphatic rings. The van der Waals surface area contributed by atoms with Gasteiger partial charge in [-0.05, 0) is 67.1 Å². The van der Waals surface area contributed by atoms with E-state index < -0.39 is 0 Å². The Labute approximate surface area is 192 Å². The van der Waals surface area contributed by atoms with Gasteiger partial charge in [0, 0.05) is 30.6 Å². The molecule has 4 rings (SSSR count). The summed E-state index contributed by atoms with van der Waals surface area (Å²) in [5, 5.41) is 2.96. The second kappa shape index (κ2) is 9.87. The van der Waals surface area contributed by atoms with Crippen LogP contribution in [0.4, 0.5) is 5.69 Å². The minimum absolute atomic E-state index is 0.0932. The van der Waals surface area contributed by atoms with Crippen LogP contribution in [0.5, 0.6) is 11.6 Å². The number of benzene rings is 2. The summed E-state index contributed by atoms with van der Waals surface area (Å²) in [4.78, 5) is 32.8. The molecule has 2 amide bonds. The SMILES string of the molecule is CSc1ccc(CCNC(=O)CCN2C(=O)c3cccnc3Oc3ccc(C)cc32)cc1. The van der Waals surface area contributed by atoms with Gasteiger partial charge in [-0.15, -0.1) is 11.8 Å². The Morgan fingerprint density at radius 1 is 1.16 bits per heavy atom. The Hall–Kier alpha value is -3.32. The van der Waals surface area contributed by atoms with E-state index in [0.29, 0.717) is 23.5 Å². The van der Waals surface area contributed by atoms with E-state index in [9.17, 15) is 9.59 Å². The van der Waals surface area contributed by atoms with Gasteiger partial charge in [-0.3, -0.25) is 9.59 Å². The zero-order chi connectivity index (χ0) is 22.5. The summed E-state index contributed by atoms with van der Waals surface area (Å²) >= 11 is 1.71. The molecule has 0 aliphatic carbocycles. The maximum Gasteiger partial charge on any atom is 0.263 e. The lowest BCUT2D eigenvalue weighted by Gasteiger charge is -2.22. The van der Waals surface area contributed by atoms with Gasteiger partial charge in [0.1, 0.15) is 5.56 Å². The number of thioether (sulfide) groups is 1. The predicted molar refractivity (Wildman–Crippen MR) is 127 cm³/mol. The maximum atomic E-state index is 13.2. The monoisotopic (exact) mass is 447 g/mol. The number of anilines is 1. The van der Waals surface area contributed by atoms with E-state index in [2.05, 4.69) is 34.6 Å². The number of amides is 2. The highest BCUT2D eigenvalue weighted by atomic mass is 32.2. The third-order valence-electron chi connectivity index (χ3n) is 5.32. The first-order chi connectivity index (χ1) is 15.5. The molecule has 0 fully saturated rings. The Morgan fingerprint density at radius 2 is 1.97 bits per heavy atom. The predicted octanol–water partition coefficient (Wildman–Crippen LogP) is 4.61. The Kier molecular flexibility index (Phi) is 6.75. The number of pyridine rings is 1. The van der Waals surface area contributed by atoms with Crippen molar-refractivity contribution in [3.05, 3.63) is 77.5 Å². The first-order valence-electron chi connectivity index (χ1n) is 10.5. The number of hydrogen-bond donors (Lipinski definition) is 1. The molecule has 0 atom stereocenters. The molecule has 1 aromatic heterocycles. The van der Waals surface area contributed by atoms with E-state index in [0.717, 1.165) is 12.0 Å². The average molecular weight is 448 g/mol. The number of hydrogen-bond acceptors (Lipinski definition) is 5. The zero-order valence-corrected chi connectivity index (χ0v) is 18.9. The average Bonchev–Trinajstić information content (AvgIpc) is 2.92. The van der Waals surface area contributed by atoms with E-state index in [-0.39, 0.29) is 30.7 Å². The standard InChI is InChI=1S/C25H25N3O3S/c1-17-5-10-22-21(16-17)28(25(30)20-4-3-13-27-24(20)31-22)15-12-23(29)26-14-11-18-6-8-19(32-2)9-7-18/h3-10,13,16H,11-12,14-15H2,1-2H3,(H,26,29). The third kappa shape index (κ3) is 4.94. The first kappa shape index (κ1) is 21.9. The largest absolute Gasteiger partial charge is 0.436 e. The molecule has 1 aliphatic heterocycles. The summed E-state index contributed by atoms with van der Waals surface area (Å²) in [5.41, 5.74) is 3.21. The molecule has 0 saturated heterocycles. The van der Waals surface area contributed by atoms with Crippen LogP contribution in [0.3, 0.4) is 0 Å². The summed E-state index contributed by atoms with van der Waals surface area (Å²) in [7, 11) is 0. The van der Waals surface area contributed by atoms with Crippen LogP contribution in [-0.4, -0.2) is 36.1 Å². The maximum absolute atomic E-state index is 13.2. The molecule has 2 heterocycles. The van der Waals surface area contributed by atoms with Crippen molar-refractivity contribution in [2.45, 2.75) is 24.7 Å². The quantitative estimate of drug-likeness (QED) is 0.536. The number of ether oxygens (including phenoxy) is 1. The smallest absolute Gasteiger partial charge is 0.263 e. The number of nitrogens with zero attached hydrogens (tertiary/aromatic N) is 2. The van der Waals surface area contributed by atoms with Crippen LogP contribution in [0, 0.1) is 6.92 Å². The molecule has 0 unspecified atom stereocenters. The lowest BCUT2D eigenvalue weighted by atomic mass is 10.1. The van der Waals surface area contributed by atoms with Crippen molar-refractivity contribution in [1.82, 2.24) is 10.3 Å². The molecule has 6 nitrogen and oxygen atoms in total. The fourth-order valence-electron chi connectivity index (χ4n) is 3.58. The van der Waals surface area contributed by atoms with Crippen molar-refractivity contribution in [3.63, 3.8) is 0 Å². The second-order valence-corrected chi connectivity index (χ2v) is 8.46. The van der Waals surface area contributed by atoms with Crippen LogP contribution < -0.4 is 15.0 Å². The molecule has 0 radical (unpaired) electrons. The molecule has 32 heavy (non-hydrogen) atoms. The number of aromatic nitrogens is 1. The van der Waals surface area contributed by atoms with E-state index >= 15 is 0 Å². The van der Waals surface area contributed by atoms with Gasteiger partial charge in [0.25, 0.3) is 5.91 Å². The first-order valence-corrected chi connectivity index (χ1v) is 11.7. The molecule has 1 N–H and O–H groups in total. The number of carbonyl (C=O) groups is 2. The van der Waals surface area contributed by atoms with Crippen molar-refractivity contribution < 1.29 is 14.3 Å². The van der Waals surface area contributed by atoms with Crippen LogP contribution in [0.15, 0.2) is 65.7 Å². The molecule has 164 valence electrons. The molecule has 7 heteroatoms. The van der Waals surface area contributed by atoms with Crippen LogP contribution in [0.25, 0.3) is 0 Å². The molecule has 0 spiro atoms. The van der Waals surface area contributed by atoms with E-state index in [1.807, 2.05) is 31.4 Å². The number of nitrogens with one attached hydrogen (secondary N) is 1. The van der Waals surface area contributed by atoms with Gasteiger partial charge in [0.2, 0.25) is 11.8 Å². The molecule has 2 aromatic carbocycles. The van der Waals surface area contributed by atoms with Crippen molar-refractivity contribution in [2.24, 2.45) is 0 Å². The molecular formula is C25H25N3O3S. The number of aryl methyl sites for hydroxylation is 1. The van der Waals surface area contributed by atoms with Gasteiger partial charge in [0.05, 0.1) is 5.69 Å². The number of carbonyl (C=O) groups excluding carboxylic acids is 2. The van der Waals surface area contributed by atoms with Crippen molar-refractivity contribution in [1.29, 1.82) is 0 Å². The molecule has 0 bridgehead atoms. The second-order valence-electron chi connectivity index (χ2n) is 7.58. The summed E-state index contributed by atoms with van der Waals surface area (Å²) in [6.07, 6.45) is 4.60. The van der Waals surface area contributed by atoms with E-state index in [1.54, 1.807) is 35.0 Å². The van der Waals surface area contributed by atoms with Gasteiger partial charge < -0.3 is 15.0 Å². The lowest BCUT2D eigenvalue weighted by Crippen LogP contribution is -2.35. The highest BCUT2D eigenvalue weighted by molar-refractivity contribution is 7.98. The van der Waals surface area contributed by atoms with Crippen LogP contribution >= 0.6 is 11.8 Å². The molecular weight excluding hydrogens is 422 g/mol. The third-order valence-corrected chi connectivity index (χ3v) is 6.06. The van der Waals surface area contributed by atoms with Crippen molar-refractivity contribution in [2.75, 3.05) is 24.2 Å². The normalized spacial score (nSPS) is 12.4. The van der Waals surface area contributed by atoms with Crippen LogP contribution in [0.1, 0.15) is 27.9 Å². The lowest BCUT2D eigenvalue weighted by molar-refractivity contribution is -0.120. The van der Waals surface area contributed by atoms with Gasteiger partial charge in [-0.25, -0.2) is 4.98 Å². The minimum atomic E-state index is -0.223.